The van der Waals surface area contributed by atoms with Crippen LogP contribution in [0, 0.1) is 0 Å². The van der Waals surface area contributed by atoms with E-state index >= 15 is 0 Å². The van der Waals surface area contributed by atoms with Crippen LogP contribution in [0.1, 0.15) is 29.2 Å². The molecule has 1 heterocycles. The fourth-order valence-electron chi connectivity index (χ4n) is 4.87. The van der Waals surface area contributed by atoms with Crippen LogP contribution in [0.2, 0.25) is 0 Å². The second kappa shape index (κ2) is 13.0. The molecule has 1 atom stereocenters. The van der Waals surface area contributed by atoms with Gasteiger partial charge in [0.05, 0.1) is 7.11 Å². The standard InChI is InChI=1S/C34H33NO5/c1-3-27-28(19-32-35-29(23-40-32)34(36)37-2)33(26-17-11-6-12-18-26)31(39-22-25-15-9-5-10-16-25)20-30(27)38-21-24-13-7-4-8-14-24/h4-18,20,29H,3,19,21-23H2,1-2H3. The molecule has 6 nitrogen and oxygen atoms in total. The van der Waals surface area contributed by atoms with Crippen LogP contribution in [0.15, 0.2) is 102 Å². The van der Waals surface area contributed by atoms with Gasteiger partial charge in [-0.25, -0.2) is 9.79 Å². The number of carbonyl (C=O) groups is 1. The van der Waals surface area contributed by atoms with Crippen LogP contribution >= 0.6 is 0 Å². The Bertz CT molecular complexity index is 1450. The van der Waals surface area contributed by atoms with Crippen molar-refractivity contribution in [2.24, 2.45) is 4.99 Å². The molecular formula is C34H33NO5. The summed E-state index contributed by atoms with van der Waals surface area (Å²) in [4.78, 5) is 16.7. The number of hydrogen-bond donors (Lipinski definition) is 0. The first-order valence-corrected chi connectivity index (χ1v) is 13.5. The molecule has 6 heteroatoms. The number of methoxy groups -OCH3 is 1. The van der Waals surface area contributed by atoms with Gasteiger partial charge in [-0.3, -0.25) is 0 Å². The van der Waals surface area contributed by atoms with E-state index in [1.807, 2.05) is 84.9 Å². The second-order valence-electron chi connectivity index (χ2n) is 9.52. The van der Waals surface area contributed by atoms with E-state index in [4.69, 9.17) is 18.9 Å². The molecule has 4 aromatic rings. The quantitative estimate of drug-likeness (QED) is 0.203. The first-order valence-electron chi connectivity index (χ1n) is 13.5. The van der Waals surface area contributed by atoms with E-state index in [0.717, 1.165) is 45.6 Å². The van der Waals surface area contributed by atoms with Gasteiger partial charge >= 0.3 is 5.97 Å². The molecule has 0 aliphatic carbocycles. The zero-order valence-electron chi connectivity index (χ0n) is 22.8. The van der Waals surface area contributed by atoms with Crippen molar-refractivity contribution >= 4 is 11.9 Å². The molecule has 0 aromatic heterocycles. The van der Waals surface area contributed by atoms with Crippen LogP contribution in [-0.2, 0) is 40.3 Å². The molecule has 0 bridgehead atoms. The van der Waals surface area contributed by atoms with Gasteiger partial charge in [-0.2, -0.15) is 0 Å². The fraction of sp³-hybridized carbons (Fsp3) is 0.235. The van der Waals surface area contributed by atoms with Crippen molar-refractivity contribution in [2.75, 3.05) is 13.7 Å². The van der Waals surface area contributed by atoms with Gasteiger partial charge in [0.2, 0.25) is 0 Å². The molecule has 4 aromatic carbocycles. The third-order valence-electron chi connectivity index (χ3n) is 6.87. The smallest absolute Gasteiger partial charge is 0.334 e. The summed E-state index contributed by atoms with van der Waals surface area (Å²) in [7, 11) is 1.36. The third kappa shape index (κ3) is 6.34. The predicted octanol–water partition coefficient (Wildman–Crippen LogP) is 6.59. The number of esters is 1. The van der Waals surface area contributed by atoms with E-state index in [-0.39, 0.29) is 6.61 Å². The number of rotatable bonds is 11. The van der Waals surface area contributed by atoms with Crippen LogP contribution in [0.25, 0.3) is 11.1 Å². The van der Waals surface area contributed by atoms with E-state index in [1.54, 1.807) is 0 Å². The molecule has 0 radical (unpaired) electrons. The first-order chi connectivity index (χ1) is 19.7. The van der Waals surface area contributed by atoms with Crippen molar-refractivity contribution < 1.29 is 23.7 Å². The number of benzene rings is 4. The summed E-state index contributed by atoms with van der Waals surface area (Å²) in [5.74, 6) is 1.57. The van der Waals surface area contributed by atoms with Gasteiger partial charge in [0.1, 0.15) is 31.3 Å². The Hall–Kier alpha value is -4.58. The summed E-state index contributed by atoms with van der Waals surface area (Å²) in [6.07, 6.45) is 1.12. The molecule has 0 fully saturated rings. The Balaban J connectivity index is 1.61. The molecule has 0 saturated carbocycles. The lowest BCUT2D eigenvalue weighted by atomic mass is 9.90. The Kier molecular flexibility index (Phi) is 8.76. The number of nitrogens with zero attached hydrogens (tertiary/aromatic N) is 1. The van der Waals surface area contributed by atoms with E-state index in [0.29, 0.717) is 31.3 Å². The summed E-state index contributed by atoms with van der Waals surface area (Å²) >= 11 is 0. The number of ether oxygens (including phenoxy) is 4. The van der Waals surface area contributed by atoms with Crippen molar-refractivity contribution in [3.8, 4) is 22.6 Å². The van der Waals surface area contributed by atoms with Gasteiger partial charge in [0.15, 0.2) is 11.9 Å². The van der Waals surface area contributed by atoms with E-state index in [2.05, 4.69) is 24.0 Å². The van der Waals surface area contributed by atoms with E-state index < -0.39 is 12.0 Å². The number of carbonyl (C=O) groups excluding carboxylic acids is 1. The SMILES string of the molecule is CCc1c(OCc2ccccc2)cc(OCc2ccccc2)c(-c2ccccc2)c1CC1=NC(C(=O)OC)CO1. The van der Waals surface area contributed by atoms with Gasteiger partial charge < -0.3 is 18.9 Å². The van der Waals surface area contributed by atoms with Crippen LogP contribution in [0.5, 0.6) is 11.5 Å². The molecule has 204 valence electrons. The van der Waals surface area contributed by atoms with Gasteiger partial charge in [0, 0.05) is 18.1 Å². The topological polar surface area (TPSA) is 66.4 Å². The molecule has 40 heavy (non-hydrogen) atoms. The number of hydrogen-bond acceptors (Lipinski definition) is 6. The molecular weight excluding hydrogens is 502 g/mol. The van der Waals surface area contributed by atoms with Crippen molar-refractivity contribution in [3.05, 3.63) is 119 Å². The Morgan fingerprint density at radius 2 is 1.40 bits per heavy atom. The average Bonchev–Trinajstić information content (AvgIpc) is 3.48. The zero-order chi connectivity index (χ0) is 27.7. The first kappa shape index (κ1) is 27.0. The van der Waals surface area contributed by atoms with Crippen molar-refractivity contribution in [2.45, 2.75) is 39.0 Å². The summed E-state index contributed by atoms with van der Waals surface area (Å²) in [6, 6.07) is 31.7. The normalized spacial score (nSPS) is 14.2. The summed E-state index contributed by atoms with van der Waals surface area (Å²) < 4.78 is 23.7. The van der Waals surface area contributed by atoms with Crippen LogP contribution in [0.3, 0.4) is 0 Å². The highest BCUT2D eigenvalue weighted by molar-refractivity contribution is 5.90. The minimum atomic E-state index is -0.656. The largest absolute Gasteiger partial charge is 0.488 e. The molecule has 0 amide bonds. The molecule has 5 rings (SSSR count). The van der Waals surface area contributed by atoms with Crippen LogP contribution in [0.4, 0.5) is 0 Å². The summed E-state index contributed by atoms with van der Waals surface area (Å²) in [5, 5.41) is 0. The zero-order valence-corrected chi connectivity index (χ0v) is 22.8. The second-order valence-corrected chi connectivity index (χ2v) is 9.52. The Morgan fingerprint density at radius 3 is 1.98 bits per heavy atom. The molecule has 0 spiro atoms. The third-order valence-corrected chi connectivity index (χ3v) is 6.87. The maximum absolute atomic E-state index is 12.1. The van der Waals surface area contributed by atoms with Crippen LogP contribution in [-0.4, -0.2) is 31.6 Å². The Labute approximate surface area is 235 Å². The van der Waals surface area contributed by atoms with Gasteiger partial charge in [-0.15, -0.1) is 0 Å². The van der Waals surface area contributed by atoms with Crippen LogP contribution < -0.4 is 9.47 Å². The Morgan fingerprint density at radius 1 is 0.825 bits per heavy atom. The molecule has 1 aliphatic heterocycles. The van der Waals surface area contributed by atoms with E-state index in [9.17, 15) is 4.79 Å². The molecule has 1 unspecified atom stereocenters. The van der Waals surface area contributed by atoms with Gasteiger partial charge in [-0.1, -0.05) is 97.9 Å². The van der Waals surface area contributed by atoms with E-state index in [1.165, 1.54) is 7.11 Å². The lowest BCUT2D eigenvalue weighted by molar-refractivity contribution is -0.142. The summed E-state index contributed by atoms with van der Waals surface area (Å²) in [5.41, 5.74) is 6.19. The molecule has 0 N–H and O–H groups in total. The van der Waals surface area contributed by atoms with Gasteiger partial charge in [-0.05, 0) is 34.2 Å². The maximum Gasteiger partial charge on any atom is 0.334 e. The highest BCUT2D eigenvalue weighted by atomic mass is 16.5. The van der Waals surface area contributed by atoms with Crippen molar-refractivity contribution in [1.82, 2.24) is 0 Å². The lowest BCUT2D eigenvalue weighted by Gasteiger charge is -2.23. The highest BCUT2D eigenvalue weighted by Gasteiger charge is 2.29. The maximum atomic E-state index is 12.1. The van der Waals surface area contributed by atoms with Gasteiger partial charge in [0.25, 0.3) is 0 Å². The summed E-state index contributed by atoms with van der Waals surface area (Å²) in [6.45, 7) is 3.12. The minimum Gasteiger partial charge on any atom is -0.488 e. The number of aliphatic imine (C=N–C) groups is 1. The minimum absolute atomic E-state index is 0.172. The average molecular weight is 536 g/mol. The molecule has 0 saturated heterocycles. The fourth-order valence-corrected chi connectivity index (χ4v) is 4.87. The van der Waals surface area contributed by atoms with Crippen molar-refractivity contribution in [1.29, 1.82) is 0 Å². The monoisotopic (exact) mass is 535 g/mol. The predicted molar refractivity (Wildman–Crippen MR) is 156 cm³/mol. The van der Waals surface area contributed by atoms with Crippen molar-refractivity contribution in [3.63, 3.8) is 0 Å². The molecule has 1 aliphatic rings. The lowest BCUT2D eigenvalue weighted by Crippen LogP contribution is -2.21. The highest BCUT2D eigenvalue weighted by Crippen LogP contribution is 2.42.